The van der Waals surface area contributed by atoms with Gasteiger partial charge in [0.1, 0.15) is 5.82 Å². The zero-order valence-electron chi connectivity index (χ0n) is 14.1. The topological polar surface area (TPSA) is 80.0 Å². The van der Waals surface area contributed by atoms with Gasteiger partial charge >= 0.3 is 0 Å². The van der Waals surface area contributed by atoms with E-state index in [9.17, 15) is 0 Å². The number of rotatable bonds is 5. The van der Waals surface area contributed by atoms with Crippen molar-refractivity contribution in [2.24, 2.45) is 0 Å². The van der Waals surface area contributed by atoms with Crippen LogP contribution in [-0.2, 0) is 6.54 Å². The Labute approximate surface area is 146 Å². The Hall–Kier alpha value is -2.80. The van der Waals surface area contributed by atoms with E-state index in [2.05, 4.69) is 30.3 Å². The summed E-state index contributed by atoms with van der Waals surface area (Å²) >= 11 is 0. The predicted molar refractivity (Wildman–Crippen MR) is 93.7 cm³/mol. The molecule has 1 fully saturated rings. The van der Waals surface area contributed by atoms with Crippen LogP contribution < -0.4 is 5.32 Å². The molecule has 7 heteroatoms. The van der Waals surface area contributed by atoms with E-state index in [-0.39, 0.29) is 6.04 Å². The maximum absolute atomic E-state index is 5.57. The van der Waals surface area contributed by atoms with Crippen molar-refractivity contribution >= 4 is 5.82 Å². The lowest BCUT2D eigenvalue weighted by molar-refractivity contribution is 0.201. The molecule has 0 amide bonds. The highest BCUT2D eigenvalue weighted by Gasteiger charge is 2.30. The van der Waals surface area contributed by atoms with E-state index < -0.39 is 0 Å². The molecule has 0 saturated carbocycles. The first kappa shape index (κ1) is 15.7. The van der Waals surface area contributed by atoms with Crippen LogP contribution in [0.2, 0.25) is 0 Å². The van der Waals surface area contributed by atoms with Crippen molar-refractivity contribution in [3.05, 3.63) is 54.3 Å². The van der Waals surface area contributed by atoms with Gasteiger partial charge in [0.05, 0.1) is 6.04 Å². The van der Waals surface area contributed by atoms with E-state index in [1.807, 2.05) is 43.7 Å². The molecule has 1 aliphatic rings. The first-order valence-corrected chi connectivity index (χ1v) is 8.44. The molecule has 4 rings (SSSR count). The van der Waals surface area contributed by atoms with Gasteiger partial charge in [0.25, 0.3) is 0 Å². The molecular formula is C18H20N6O. The fourth-order valence-electron chi connectivity index (χ4n) is 3.18. The minimum atomic E-state index is 0.166. The predicted octanol–water partition coefficient (Wildman–Crippen LogP) is 2.91. The third-order valence-corrected chi connectivity index (χ3v) is 4.50. The van der Waals surface area contributed by atoms with Crippen molar-refractivity contribution in [2.75, 3.05) is 18.9 Å². The maximum Gasteiger partial charge on any atom is 0.244 e. The Kier molecular flexibility index (Phi) is 4.39. The summed E-state index contributed by atoms with van der Waals surface area (Å²) in [5.41, 5.74) is 2.10. The van der Waals surface area contributed by atoms with Gasteiger partial charge in [-0.25, -0.2) is 4.98 Å². The molecule has 25 heavy (non-hydrogen) atoms. The molecule has 0 bridgehead atoms. The van der Waals surface area contributed by atoms with Crippen LogP contribution in [0.25, 0.3) is 11.4 Å². The second kappa shape index (κ2) is 6.98. The Balaban J connectivity index is 1.52. The summed E-state index contributed by atoms with van der Waals surface area (Å²) < 4.78 is 5.57. The summed E-state index contributed by atoms with van der Waals surface area (Å²) in [5.74, 6) is 2.08. The van der Waals surface area contributed by atoms with Crippen LogP contribution >= 0.6 is 0 Å². The zero-order valence-corrected chi connectivity index (χ0v) is 14.1. The molecular weight excluding hydrogens is 316 g/mol. The molecule has 3 aromatic heterocycles. The Bertz CT molecular complexity index is 817. The standard InChI is InChI=1S/C18H20N6O/c1-19-16-5-4-14(11-21-16)17-22-18(25-23-17)15-3-2-10-24(15)12-13-6-8-20-9-7-13/h4-9,11,15H,2-3,10,12H2,1H3,(H,19,21). The van der Waals surface area contributed by atoms with Gasteiger partial charge in [-0.05, 0) is 49.2 Å². The van der Waals surface area contributed by atoms with E-state index in [1.165, 1.54) is 5.56 Å². The lowest BCUT2D eigenvalue weighted by Gasteiger charge is -2.21. The number of pyridine rings is 2. The first-order chi connectivity index (χ1) is 12.3. The van der Waals surface area contributed by atoms with Crippen molar-refractivity contribution in [1.29, 1.82) is 0 Å². The van der Waals surface area contributed by atoms with Gasteiger partial charge in [-0.3, -0.25) is 9.88 Å². The monoisotopic (exact) mass is 336 g/mol. The fraction of sp³-hybridized carbons (Fsp3) is 0.333. The molecule has 128 valence electrons. The molecule has 0 aromatic carbocycles. The molecule has 1 atom stereocenters. The van der Waals surface area contributed by atoms with E-state index in [1.54, 1.807) is 6.20 Å². The molecule has 3 aromatic rings. The Morgan fingerprint density at radius 1 is 1.24 bits per heavy atom. The van der Waals surface area contributed by atoms with Crippen LogP contribution in [0.15, 0.2) is 47.4 Å². The first-order valence-electron chi connectivity index (χ1n) is 8.44. The molecule has 4 heterocycles. The summed E-state index contributed by atoms with van der Waals surface area (Å²) in [6.45, 7) is 1.90. The average Bonchev–Trinajstić information content (AvgIpc) is 3.32. The van der Waals surface area contributed by atoms with E-state index in [0.717, 1.165) is 37.3 Å². The van der Waals surface area contributed by atoms with Crippen molar-refractivity contribution in [3.63, 3.8) is 0 Å². The van der Waals surface area contributed by atoms with Gasteiger partial charge in [-0.2, -0.15) is 4.98 Å². The second-order valence-electron chi connectivity index (χ2n) is 6.12. The van der Waals surface area contributed by atoms with Gasteiger partial charge in [-0.15, -0.1) is 0 Å². The number of likely N-dealkylation sites (tertiary alicyclic amines) is 1. The summed E-state index contributed by atoms with van der Waals surface area (Å²) in [7, 11) is 1.84. The van der Waals surface area contributed by atoms with Crippen molar-refractivity contribution in [3.8, 4) is 11.4 Å². The maximum atomic E-state index is 5.57. The molecule has 0 radical (unpaired) electrons. The van der Waals surface area contributed by atoms with Gasteiger partial charge in [0.2, 0.25) is 11.7 Å². The zero-order chi connectivity index (χ0) is 17.1. The average molecular weight is 336 g/mol. The highest BCUT2D eigenvalue weighted by atomic mass is 16.5. The van der Waals surface area contributed by atoms with Crippen LogP contribution in [-0.4, -0.2) is 38.6 Å². The van der Waals surface area contributed by atoms with E-state index in [0.29, 0.717) is 11.7 Å². The van der Waals surface area contributed by atoms with Crippen molar-refractivity contribution < 1.29 is 4.52 Å². The molecule has 1 aliphatic heterocycles. The third kappa shape index (κ3) is 3.36. The summed E-state index contributed by atoms with van der Waals surface area (Å²) in [4.78, 5) is 15.4. The minimum absolute atomic E-state index is 0.166. The molecule has 0 spiro atoms. The van der Waals surface area contributed by atoms with Gasteiger partial charge in [-0.1, -0.05) is 5.16 Å². The summed E-state index contributed by atoms with van der Waals surface area (Å²) in [6.07, 6.45) is 7.57. The number of hydrogen-bond donors (Lipinski definition) is 1. The number of nitrogens with one attached hydrogen (secondary N) is 1. The van der Waals surface area contributed by atoms with Gasteiger partial charge in [0.15, 0.2) is 0 Å². The largest absolute Gasteiger partial charge is 0.373 e. The van der Waals surface area contributed by atoms with Crippen LogP contribution in [0, 0.1) is 0 Å². The molecule has 7 nitrogen and oxygen atoms in total. The highest BCUT2D eigenvalue weighted by Crippen LogP contribution is 2.33. The summed E-state index contributed by atoms with van der Waals surface area (Å²) in [6, 6.07) is 8.10. The van der Waals surface area contributed by atoms with Crippen LogP contribution in [0.1, 0.15) is 30.3 Å². The van der Waals surface area contributed by atoms with Crippen LogP contribution in [0.3, 0.4) is 0 Å². The van der Waals surface area contributed by atoms with E-state index >= 15 is 0 Å². The molecule has 0 aliphatic carbocycles. The van der Waals surface area contributed by atoms with Crippen molar-refractivity contribution in [2.45, 2.75) is 25.4 Å². The second-order valence-corrected chi connectivity index (χ2v) is 6.12. The molecule has 1 unspecified atom stereocenters. The van der Waals surface area contributed by atoms with E-state index in [4.69, 9.17) is 4.52 Å². The van der Waals surface area contributed by atoms with Crippen LogP contribution in [0.5, 0.6) is 0 Å². The summed E-state index contributed by atoms with van der Waals surface area (Å²) in [5, 5.41) is 7.14. The fourth-order valence-corrected chi connectivity index (χ4v) is 3.18. The minimum Gasteiger partial charge on any atom is -0.373 e. The Morgan fingerprint density at radius 3 is 2.88 bits per heavy atom. The van der Waals surface area contributed by atoms with Crippen molar-refractivity contribution in [1.82, 2.24) is 25.0 Å². The van der Waals surface area contributed by atoms with Gasteiger partial charge in [0, 0.05) is 37.7 Å². The molecule has 1 saturated heterocycles. The SMILES string of the molecule is CNc1ccc(-c2noc(C3CCCN3Cc3ccncc3)n2)cn1. The van der Waals surface area contributed by atoms with Crippen LogP contribution in [0.4, 0.5) is 5.82 Å². The number of aromatic nitrogens is 4. The lowest BCUT2D eigenvalue weighted by atomic mass is 10.2. The number of anilines is 1. The smallest absolute Gasteiger partial charge is 0.244 e. The molecule has 1 N–H and O–H groups in total. The van der Waals surface area contributed by atoms with Gasteiger partial charge < -0.3 is 9.84 Å². The normalized spacial score (nSPS) is 17.7. The quantitative estimate of drug-likeness (QED) is 0.767. The number of hydrogen-bond acceptors (Lipinski definition) is 7. The Morgan fingerprint density at radius 2 is 2.12 bits per heavy atom. The lowest BCUT2D eigenvalue weighted by Crippen LogP contribution is -2.23. The highest BCUT2D eigenvalue weighted by molar-refractivity contribution is 5.55. The third-order valence-electron chi connectivity index (χ3n) is 4.50. The number of nitrogens with zero attached hydrogens (tertiary/aromatic N) is 5.